The maximum Gasteiger partial charge on any atom is 0.252 e. The third kappa shape index (κ3) is 17.5. The van der Waals surface area contributed by atoms with Crippen molar-refractivity contribution in [3.05, 3.63) is 375 Å². The second-order valence-corrected chi connectivity index (χ2v) is 56.6. The van der Waals surface area contributed by atoms with Crippen molar-refractivity contribution in [2.24, 2.45) is 0 Å². The smallest absolute Gasteiger partial charge is 0.252 e. The Morgan fingerprint density at radius 3 is 0.365 bits per heavy atom. The van der Waals surface area contributed by atoms with Gasteiger partial charge >= 0.3 is 0 Å². The minimum absolute atomic E-state index is 0.116. The summed E-state index contributed by atoms with van der Waals surface area (Å²) in [7, 11) is 0. The average Bonchev–Trinajstić information content (AvgIpc) is 0.678. The normalized spacial score (nSPS) is 14.7. The van der Waals surface area contributed by atoms with Crippen molar-refractivity contribution in [2.45, 2.75) is 320 Å². The first-order valence-corrected chi connectivity index (χ1v) is 54.8. The Morgan fingerprint density at radius 2 is 0.250 bits per heavy atom. The van der Waals surface area contributed by atoms with Crippen LogP contribution < -0.4 is 78.6 Å². The van der Waals surface area contributed by atoms with E-state index in [0.29, 0.717) is 0 Å². The number of benzene rings is 15. The van der Waals surface area contributed by atoms with Gasteiger partial charge in [-0.15, -0.1) is 0 Å². The van der Waals surface area contributed by atoms with Crippen LogP contribution in [0.3, 0.4) is 0 Å². The summed E-state index contributed by atoms with van der Waals surface area (Å²) < 4.78 is 0. The summed E-state index contributed by atoms with van der Waals surface area (Å²) in [6.45, 7) is 84.9. The number of hydrogen-bond acceptors (Lipinski definition) is 6. The van der Waals surface area contributed by atoms with E-state index in [9.17, 15) is 0 Å². The molecule has 0 aromatic heterocycles. The molecule has 0 unspecified atom stereocenters. The molecule has 0 N–H and O–H groups in total. The zero-order valence-corrected chi connectivity index (χ0v) is 95.7. The third-order valence-corrected chi connectivity index (χ3v) is 33.4. The highest BCUT2D eigenvalue weighted by atomic mass is 15.2. The van der Waals surface area contributed by atoms with Crippen LogP contribution in [0, 0.1) is 0 Å². The molecule has 0 bridgehead atoms. The molecule has 0 radical (unpaired) electrons. The lowest BCUT2D eigenvalue weighted by molar-refractivity contribution is 0.590. The van der Waals surface area contributed by atoms with Gasteiger partial charge < -0.3 is 29.4 Å². The molecule has 15 aromatic carbocycles. The Morgan fingerprint density at radius 1 is 0.135 bits per heavy atom. The second kappa shape index (κ2) is 34.4. The van der Waals surface area contributed by atoms with Gasteiger partial charge in [-0.25, -0.2) is 0 Å². The Bertz CT molecular complexity index is 6620. The van der Waals surface area contributed by atoms with E-state index < -0.39 is 5.92 Å². The lowest BCUT2D eigenvalue weighted by atomic mass is 9.33. The summed E-state index contributed by atoms with van der Waals surface area (Å²) >= 11 is 0. The van der Waals surface area contributed by atoms with Crippen LogP contribution in [0.25, 0.3) is 0 Å². The Hall–Kier alpha value is -12.7. The third-order valence-electron chi connectivity index (χ3n) is 33.4. The summed E-state index contributed by atoms with van der Waals surface area (Å²) in [5.74, 6) is -0.571. The number of anilines is 18. The first-order valence-electron chi connectivity index (χ1n) is 54.8. The zero-order chi connectivity index (χ0) is 106. The standard InChI is InChI=1S/C139H157B3N6/c1-128(2,3)88-37-55-100(56-38-88)143-112-67-49-94(134(19,20)21)79-106(112)140-107-80-95(135(22,23)24)50-68-113(107)144(101-57-39-89(40-58-101)129(4,5)6)119-74-85(73-118(143)125(119)140)124(86-75-120-126-121(76-86)146(103-61-43-91(44-62-103)131(10,11)12)115-70-52-97(137(28,29)30)82-109(115)141(126)108-81-96(136(25,26)27)51-69-114(108)145(120)102-59-41-90(42-60-102)130(7,8)9)87-77-122-127-123(78-87)148(105-65-47-93(48-66-105)133(16,17)18)117-72-54-99(139(34,35)36)84-111(117)142(127)110-83-98(138(31,32)33)53-71-116(110)147(122)104-63-45-92(46-64-104)132(13,14)15/h37-84,124H,1-36H3. The van der Waals surface area contributed by atoms with Gasteiger partial charge in [-0.05, 0) is 343 Å². The predicted molar refractivity (Wildman–Crippen MR) is 647 cm³/mol. The highest BCUT2D eigenvalue weighted by Gasteiger charge is 2.52. The first kappa shape index (κ1) is 101. The van der Waals surface area contributed by atoms with Gasteiger partial charge in [0.2, 0.25) is 0 Å². The van der Waals surface area contributed by atoms with E-state index in [1.165, 1.54) is 150 Å². The monoisotopic (exact) mass is 1940 g/mol. The lowest BCUT2D eigenvalue weighted by Gasteiger charge is -2.47. The van der Waals surface area contributed by atoms with Gasteiger partial charge in [-0.3, -0.25) is 0 Å². The maximum atomic E-state index is 2.73. The summed E-state index contributed by atoms with van der Waals surface area (Å²) in [6.07, 6.45) is 0. The van der Waals surface area contributed by atoms with Crippen LogP contribution in [0.2, 0.25) is 0 Å². The van der Waals surface area contributed by atoms with Gasteiger partial charge in [0.15, 0.2) is 0 Å². The largest absolute Gasteiger partial charge is 0.311 e. The van der Waals surface area contributed by atoms with E-state index in [0.717, 1.165) is 84.9 Å². The van der Waals surface area contributed by atoms with Crippen molar-refractivity contribution in [2.75, 3.05) is 29.4 Å². The van der Waals surface area contributed by atoms with Crippen LogP contribution in [0.15, 0.2) is 291 Å². The molecule has 6 aliphatic heterocycles. The van der Waals surface area contributed by atoms with E-state index in [-0.39, 0.29) is 85.1 Å². The van der Waals surface area contributed by atoms with Crippen molar-refractivity contribution in [3.63, 3.8) is 0 Å². The van der Waals surface area contributed by atoms with E-state index in [1.54, 1.807) is 0 Å². The summed E-state index contributed by atoms with van der Waals surface area (Å²) in [4.78, 5) is 16.3. The zero-order valence-electron chi connectivity index (χ0n) is 95.7. The minimum atomic E-state index is -0.571. The van der Waals surface area contributed by atoms with Crippen molar-refractivity contribution < 1.29 is 0 Å². The van der Waals surface area contributed by atoms with E-state index in [2.05, 4.69) is 570 Å². The van der Waals surface area contributed by atoms with E-state index in [1.807, 2.05) is 0 Å². The number of fused-ring (bicyclic) bond motifs is 12. The maximum absolute atomic E-state index is 2.73. The molecule has 15 aromatic rings. The molecule has 21 rings (SSSR count). The van der Waals surface area contributed by atoms with Gasteiger partial charge in [0, 0.05) is 108 Å². The molecule has 0 atom stereocenters. The van der Waals surface area contributed by atoms with E-state index >= 15 is 0 Å². The molecule has 752 valence electrons. The molecule has 0 spiro atoms. The molecular weight excluding hydrogens is 1790 g/mol. The fraction of sp³-hybridized carbons (Fsp3) is 0.353. The summed E-state index contributed by atoms with van der Waals surface area (Å²) in [5.41, 5.74) is 49.7. The number of nitrogens with zero attached hydrogens (tertiary/aromatic N) is 6. The van der Waals surface area contributed by atoms with Crippen LogP contribution >= 0.6 is 0 Å². The van der Waals surface area contributed by atoms with Crippen LogP contribution in [0.4, 0.5) is 102 Å². The molecule has 6 aliphatic rings. The van der Waals surface area contributed by atoms with Gasteiger partial charge in [0.25, 0.3) is 20.1 Å². The van der Waals surface area contributed by atoms with Crippen LogP contribution in [0.5, 0.6) is 0 Å². The van der Waals surface area contributed by atoms with Crippen LogP contribution in [-0.4, -0.2) is 20.1 Å². The topological polar surface area (TPSA) is 19.4 Å². The van der Waals surface area contributed by atoms with Crippen molar-refractivity contribution >= 4 is 172 Å². The van der Waals surface area contributed by atoms with Crippen molar-refractivity contribution in [1.82, 2.24) is 0 Å². The molecule has 0 saturated heterocycles. The molecule has 0 amide bonds. The molecule has 0 fully saturated rings. The molecular formula is C139H157B3N6. The molecule has 6 nitrogen and oxygen atoms in total. The lowest BCUT2D eigenvalue weighted by Crippen LogP contribution is -2.62. The summed E-state index contributed by atoms with van der Waals surface area (Å²) in [5, 5.41) is 0. The fourth-order valence-corrected chi connectivity index (χ4v) is 24.3. The Balaban J connectivity index is 0.992. The average molecular weight is 1940 g/mol. The second-order valence-electron chi connectivity index (χ2n) is 56.6. The highest BCUT2D eigenvalue weighted by Crippen LogP contribution is 2.57. The highest BCUT2D eigenvalue weighted by molar-refractivity contribution is 7.02. The Labute approximate surface area is 889 Å². The quantitative estimate of drug-likeness (QED) is 0.105. The number of hydrogen-bond donors (Lipinski definition) is 0. The van der Waals surface area contributed by atoms with E-state index in [4.69, 9.17) is 0 Å². The minimum Gasteiger partial charge on any atom is -0.311 e. The molecule has 6 heterocycles. The van der Waals surface area contributed by atoms with Crippen LogP contribution in [-0.2, 0) is 65.0 Å². The van der Waals surface area contributed by atoms with Gasteiger partial charge in [-0.2, -0.15) is 0 Å². The fourth-order valence-electron chi connectivity index (χ4n) is 24.3. The van der Waals surface area contributed by atoms with Gasteiger partial charge in [0.1, 0.15) is 0 Å². The predicted octanol–water partition coefficient (Wildman–Crippen LogP) is 32.7. The number of rotatable bonds is 9. The molecule has 148 heavy (non-hydrogen) atoms. The van der Waals surface area contributed by atoms with Crippen molar-refractivity contribution in [1.29, 1.82) is 0 Å². The Kier molecular flexibility index (Phi) is 23.5. The van der Waals surface area contributed by atoms with Crippen molar-refractivity contribution in [3.8, 4) is 0 Å². The van der Waals surface area contributed by atoms with Gasteiger partial charge in [-0.1, -0.05) is 395 Å². The van der Waals surface area contributed by atoms with Crippen LogP contribution in [0.1, 0.15) is 339 Å². The molecule has 0 aliphatic carbocycles. The first-order chi connectivity index (χ1) is 69.0. The molecule has 0 saturated carbocycles. The molecule has 9 heteroatoms. The van der Waals surface area contributed by atoms with Gasteiger partial charge in [0.05, 0.1) is 0 Å². The SMILES string of the molecule is CC(C)(C)c1ccc(N2c3ccc(C(C)(C)C)cc3B3c4cc(C(C)(C)C)ccc4N(c4ccc(C(C)(C)C)cc4)c4cc(C(c5cc6c7c(c5)N(c5ccc(C(C)(C)C)cc5)c5ccc(C(C)(C)C)cc5B7c5cc(C(C)(C)C)ccc5N6c5ccc(C(C)(C)C)cc5)c5cc6c7c(c5)N(c5ccc(C(C)(C)C)cc5)c5ccc(C(C)(C)C)cc5B7c5cc(C(C)(C)C)ccc5N6c5ccc(C(C)(C)C)cc5)cc2c43)cc1. The summed E-state index contributed by atoms with van der Waals surface area (Å²) in [6, 6.07) is 120.